The van der Waals surface area contributed by atoms with E-state index in [1.165, 1.54) is 23.9 Å². The van der Waals surface area contributed by atoms with Crippen molar-refractivity contribution in [1.82, 2.24) is 0 Å². The molecule has 0 heterocycles. The van der Waals surface area contributed by atoms with Crippen LogP contribution in [0.4, 0.5) is 10.1 Å². The molecule has 0 aliphatic rings. The summed E-state index contributed by atoms with van der Waals surface area (Å²) < 4.78 is 13.8. The van der Waals surface area contributed by atoms with Gasteiger partial charge in [0.1, 0.15) is 5.82 Å². The summed E-state index contributed by atoms with van der Waals surface area (Å²) in [5.41, 5.74) is -0.250. The molecular weight excluding hydrogens is 293 g/mol. The van der Waals surface area contributed by atoms with E-state index in [-0.39, 0.29) is 11.3 Å². The predicted molar refractivity (Wildman–Crippen MR) is 79.5 cm³/mol. The number of thioether (sulfide) groups is 1. The third-order valence-corrected chi connectivity index (χ3v) is 3.63. The van der Waals surface area contributed by atoms with E-state index in [1.54, 1.807) is 24.3 Å². The van der Waals surface area contributed by atoms with Gasteiger partial charge in [-0.1, -0.05) is 18.2 Å². The molecule has 0 saturated heterocycles. The van der Waals surface area contributed by atoms with Crippen molar-refractivity contribution in [2.45, 2.75) is 4.90 Å². The van der Waals surface area contributed by atoms with Crippen LogP contribution in [0, 0.1) is 5.82 Å². The Hall–Kier alpha value is -2.34. The van der Waals surface area contributed by atoms with Gasteiger partial charge in [0.15, 0.2) is 0 Å². The summed E-state index contributed by atoms with van der Waals surface area (Å²) in [6.45, 7) is 0. The highest BCUT2D eigenvalue weighted by Gasteiger charge is 2.18. The van der Waals surface area contributed by atoms with Crippen LogP contribution in [0.25, 0.3) is 0 Å². The number of carboxylic acids is 1. The summed E-state index contributed by atoms with van der Waals surface area (Å²) in [5, 5.41) is 11.4. The van der Waals surface area contributed by atoms with Gasteiger partial charge < -0.3 is 10.4 Å². The fourth-order valence-corrected chi connectivity index (χ4v) is 2.44. The van der Waals surface area contributed by atoms with E-state index in [4.69, 9.17) is 5.11 Å². The average molecular weight is 305 g/mol. The second-order valence-electron chi connectivity index (χ2n) is 4.12. The Labute approximate surface area is 125 Å². The summed E-state index contributed by atoms with van der Waals surface area (Å²) >= 11 is 1.38. The molecule has 0 bridgehead atoms. The number of amides is 1. The fourth-order valence-electron chi connectivity index (χ4n) is 1.84. The molecule has 0 spiro atoms. The SMILES string of the molecule is CSc1ccccc1C(=O)Nc1c(F)cccc1C(=O)O. The third-order valence-electron chi connectivity index (χ3n) is 2.83. The normalized spacial score (nSPS) is 10.2. The van der Waals surface area contributed by atoms with Gasteiger partial charge in [-0.3, -0.25) is 4.79 Å². The van der Waals surface area contributed by atoms with Gasteiger partial charge in [0.2, 0.25) is 0 Å². The Balaban J connectivity index is 2.38. The molecular formula is C15H12FNO3S. The van der Waals surface area contributed by atoms with Crippen molar-refractivity contribution in [2.24, 2.45) is 0 Å². The van der Waals surface area contributed by atoms with E-state index in [0.29, 0.717) is 5.56 Å². The molecule has 4 nitrogen and oxygen atoms in total. The lowest BCUT2D eigenvalue weighted by molar-refractivity contribution is 0.0697. The van der Waals surface area contributed by atoms with E-state index in [0.717, 1.165) is 11.0 Å². The van der Waals surface area contributed by atoms with Crippen molar-refractivity contribution in [3.05, 3.63) is 59.4 Å². The highest BCUT2D eigenvalue weighted by atomic mass is 32.2. The van der Waals surface area contributed by atoms with Gasteiger partial charge in [-0.2, -0.15) is 0 Å². The van der Waals surface area contributed by atoms with Crippen LogP contribution in [0.2, 0.25) is 0 Å². The zero-order valence-corrected chi connectivity index (χ0v) is 11.9. The highest BCUT2D eigenvalue weighted by Crippen LogP contribution is 2.24. The van der Waals surface area contributed by atoms with Crippen LogP contribution in [-0.4, -0.2) is 23.2 Å². The van der Waals surface area contributed by atoms with Gasteiger partial charge in [0.05, 0.1) is 16.8 Å². The average Bonchev–Trinajstić information content (AvgIpc) is 2.48. The molecule has 2 aromatic carbocycles. The maximum Gasteiger partial charge on any atom is 0.337 e. The summed E-state index contributed by atoms with van der Waals surface area (Å²) in [5.74, 6) is -2.64. The first-order valence-electron chi connectivity index (χ1n) is 6.00. The minimum Gasteiger partial charge on any atom is -0.478 e. The Morgan fingerprint density at radius 1 is 1.10 bits per heavy atom. The fraction of sp³-hybridized carbons (Fsp3) is 0.0667. The van der Waals surface area contributed by atoms with Crippen molar-refractivity contribution < 1.29 is 19.1 Å². The summed E-state index contributed by atoms with van der Waals surface area (Å²) in [4.78, 5) is 24.1. The lowest BCUT2D eigenvalue weighted by atomic mass is 10.1. The molecule has 0 atom stereocenters. The molecule has 0 aromatic heterocycles. The number of hydrogen-bond donors (Lipinski definition) is 2. The summed E-state index contributed by atoms with van der Waals surface area (Å²) in [7, 11) is 0. The second kappa shape index (κ2) is 6.41. The number of rotatable bonds is 4. The number of para-hydroxylation sites is 1. The molecule has 1 amide bonds. The van der Waals surface area contributed by atoms with E-state index < -0.39 is 17.7 Å². The van der Waals surface area contributed by atoms with E-state index in [2.05, 4.69) is 5.32 Å². The second-order valence-corrected chi connectivity index (χ2v) is 4.97. The lowest BCUT2D eigenvalue weighted by Crippen LogP contribution is -2.16. The molecule has 0 aliphatic carbocycles. The van der Waals surface area contributed by atoms with Crippen LogP contribution in [-0.2, 0) is 0 Å². The number of carboxylic acid groups (broad SMARTS) is 1. The number of nitrogens with one attached hydrogen (secondary N) is 1. The maximum absolute atomic E-state index is 13.8. The number of anilines is 1. The first-order valence-corrected chi connectivity index (χ1v) is 7.23. The minimum absolute atomic E-state index is 0.287. The van der Waals surface area contributed by atoms with Crippen molar-refractivity contribution in [1.29, 1.82) is 0 Å². The molecule has 2 N–H and O–H groups in total. The third kappa shape index (κ3) is 3.22. The molecule has 0 fully saturated rings. The molecule has 0 aliphatic heterocycles. The Morgan fingerprint density at radius 3 is 2.43 bits per heavy atom. The standard InChI is InChI=1S/C15H12FNO3S/c1-21-12-8-3-2-5-9(12)14(18)17-13-10(15(19)20)6-4-7-11(13)16/h2-8H,1H3,(H,17,18)(H,19,20). The van der Waals surface area contributed by atoms with Gasteiger partial charge in [-0.15, -0.1) is 11.8 Å². The van der Waals surface area contributed by atoms with Gasteiger partial charge in [0.25, 0.3) is 5.91 Å². The molecule has 108 valence electrons. The van der Waals surface area contributed by atoms with Crippen molar-refractivity contribution >= 4 is 29.3 Å². The Kier molecular flexibility index (Phi) is 4.59. The molecule has 6 heteroatoms. The molecule has 2 aromatic rings. The number of carbonyl (C=O) groups excluding carboxylic acids is 1. The maximum atomic E-state index is 13.8. The van der Waals surface area contributed by atoms with Gasteiger partial charge in [-0.05, 0) is 30.5 Å². The van der Waals surface area contributed by atoms with Crippen molar-refractivity contribution in [3.8, 4) is 0 Å². The first kappa shape index (κ1) is 15.1. The molecule has 0 saturated carbocycles. The van der Waals surface area contributed by atoms with Crippen molar-refractivity contribution in [3.63, 3.8) is 0 Å². The summed E-state index contributed by atoms with van der Waals surface area (Å²) in [6, 6.07) is 10.5. The monoisotopic (exact) mass is 305 g/mol. The van der Waals surface area contributed by atoms with Crippen LogP contribution < -0.4 is 5.32 Å². The van der Waals surface area contributed by atoms with Crippen LogP contribution in [0.15, 0.2) is 47.4 Å². The van der Waals surface area contributed by atoms with Gasteiger partial charge >= 0.3 is 5.97 Å². The number of benzene rings is 2. The number of carbonyl (C=O) groups is 2. The Morgan fingerprint density at radius 2 is 1.76 bits per heavy atom. The van der Waals surface area contributed by atoms with Crippen LogP contribution in [0.1, 0.15) is 20.7 Å². The van der Waals surface area contributed by atoms with E-state index in [1.807, 2.05) is 6.26 Å². The van der Waals surface area contributed by atoms with Gasteiger partial charge in [0, 0.05) is 4.90 Å². The smallest absolute Gasteiger partial charge is 0.337 e. The van der Waals surface area contributed by atoms with Crippen LogP contribution >= 0.6 is 11.8 Å². The lowest BCUT2D eigenvalue weighted by Gasteiger charge is -2.11. The van der Waals surface area contributed by atoms with Crippen LogP contribution in [0.5, 0.6) is 0 Å². The Bertz CT molecular complexity index is 703. The largest absolute Gasteiger partial charge is 0.478 e. The molecule has 2 rings (SSSR count). The quantitative estimate of drug-likeness (QED) is 0.848. The predicted octanol–water partition coefficient (Wildman–Crippen LogP) is 3.50. The topological polar surface area (TPSA) is 66.4 Å². The van der Waals surface area contributed by atoms with Crippen molar-refractivity contribution in [2.75, 3.05) is 11.6 Å². The minimum atomic E-state index is -1.30. The number of hydrogen-bond acceptors (Lipinski definition) is 3. The van der Waals surface area contributed by atoms with Gasteiger partial charge in [-0.25, -0.2) is 9.18 Å². The number of aromatic carboxylic acids is 1. The first-order chi connectivity index (χ1) is 10.0. The molecule has 0 unspecified atom stereocenters. The highest BCUT2D eigenvalue weighted by molar-refractivity contribution is 7.98. The zero-order valence-electron chi connectivity index (χ0n) is 11.1. The van der Waals surface area contributed by atoms with Crippen LogP contribution in [0.3, 0.4) is 0 Å². The molecule has 21 heavy (non-hydrogen) atoms. The summed E-state index contributed by atoms with van der Waals surface area (Å²) in [6.07, 6.45) is 1.82. The molecule has 0 radical (unpaired) electrons. The number of halogens is 1. The van der Waals surface area contributed by atoms with E-state index in [9.17, 15) is 14.0 Å². The van der Waals surface area contributed by atoms with E-state index >= 15 is 0 Å². The zero-order chi connectivity index (χ0) is 15.4.